The van der Waals surface area contributed by atoms with Crippen LogP contribution in [0.2, 0.25) is 0 Å². The van der Waals surface area contributed by atoms with Crippen LogP contribution < -0.4 is 10.2 Å². The van der Waals surface area contributed by atoms with Crippen LogP contribution in [0.3, 0.4) is 0 Å². The number of anilines is 1. The summed E-state index contributed by atoms with van der Waals surface area (Å²) in [6, 6.07) is 20.2. The molecule has 3 rings (SSSR count). The largest absolute Gasteiger partial charge is 0.350 e. The number of benzene rings is 2. The Morgan fingerprint density at radius 2 is 1.79 bits per heavy atom. The van der Waals surface area contributed by atoms with Gasteiger partial charge in [0, 0.05) is 36.5 Å². The maximum absolute atomic E-state index is 13.7. The van der Waals surface area contributed by atoms with Gasteiger partial charge in [-0.2, -0.15) is 0 Å². The second-order valence-corrected chi connectivity index (χ2v) is 6.88. The Morgan fingerprint density at radius 1 is 1.07 bits per heavy atom. The Balaban J connectivity index is 1.74. The molecule has 0 atom stereocenters. The van der Waals surface area contributed by atoms with E-state index in [4.69, 9.17) is 0 Å². The fourth-order valence-electron chi connectivity index (χ4n) is 2.94. The Kier molecular flexibility index (Phi) is 6.37. The number of rotatable bonds is 7. The van der Waals surface area contributed by atoms with Gasteiger partial charge >= 0.3 is 0 Å². The van der Waals surface area contributed by atoms with Crippen LogP contribution in [-0.4, -0.2) is 16.9 Å². The zero-order valence-electron chi connectivity index (χ0n) is 16.1. The lowest BCUT2D eigenvalue weighted by atomic mass is 10.1. The van der Waals surface area contributed by atoms with Crippen molar-refractivity contribution in [3.8, 4) is 0 Å². The number of pyridine rings is 1. The van der Waals surface area contributed by atoms with Crippen LogP contribution in [0.15, 0.2) is 72.9 Å². The summed E-state index contributed by atoms with van der Waals surface area (Å²) in [5.41, 5.74) is 2.13. The highest BCUT2D eigenvalue weighted by Crippen LogP contribution is 2.19. The van der Waals surface area contributed by atoms with Crippen molar-refractivity contribution >= 4 is 11.7 Å². The van der Waals surface area contributed by atoms with Crippen molar-refractivity contribution in [2.75, 3.05) is 4.90 Å². The quantitative estimate of drug-likeness (QED) is 0.656. The highest BCUT2D eigenvalue weighted by molar-refractivity contribution is 5.94. The molecular weight excluding hydrogens is 353 g/mol. The van der Waals surface area contributed by atoms with Crippen molar-refractivity contribution in [1.29, 1.82) is 0 Å². The molecule has 2 aromatic carbocycles. The van der Waals surface area contributed by atoms with Crippen molar-refractivity contribution in [2.24, 2.45) is 0 Å². The van der Waals surface area contributed by atoms with Crippen LogP contribution in [0.1, 0.15) is 35.3 Å². The maximum atomic E-state index is 13.7. The van der Waals surface area contributed by atoms with E-state index in [1.54, 1.807) is 36.5 Å². The third-order valence-corrected chi connectivity index (χ3v) is 4.52. The van der Waals surface area contributed by atoms with Crippen molar-refractivity contribution in [3.63, 3.8) is 0 Å². The molecule has 0 saturated heterocycles. The van der Waals surface area contributed by atoms with Crippen LogP contribution >= 0.6 is 0 Å². The molecule has 0 fully saturated rings. The third kappa shape index (κ3) is 4.94. The summed E-state index contributed by atoms with van der Waals surface area (Å²) in [5, 5.41) is 2.78. The normalized spacial score (nSPS) is 10.7. The number of amides is 1. The van der Waals surface area contributed by atoms with Crippen LogP contribution in [-0.2, 0) is 13.1 Å². The average Bonchev–Trinajstić information content (AvgIpc) is 2.72. The molecule has 1 N–H and O–H groups in total. The van der Waals surface area contributed by atoms with E-state index in [2.05, 4.69) is 41.2 Å². The average molecular weight is 377 g/mol. The van der Waals surface area contributed by atoms with Gasteiger partial charge in [0.2, 0.25) is 0 Å². The van der Waals surface area contributed by atoms with Gasteiger partial charge < -0.3 is 10.2 Å². The zero-order chi connectivity index (χ0) is 19.9. The summed E-state index contributed by atoms with van der Waals surface area (Å²) in [6.45, 7) is 5.03. The second kappa shape index (κ2) is 9.13. The van der Waals surface area contributed by atoms with Gasteiger partial charge in [-0.15, -0.1) is 0 Å². The molecule has 3 aromatic rings. The van der Waals surface area contributed by atoms with Gasteiger partial charge in [0.15, 0.2) is 0 Å². The van der Waals surface area contributed by atoms with Crippen LogP contribution in [0, 0.1) is 5.82 Å². The van der Waals surface area contributed by atoms with E-state index >= 15 is 0 Å². The minimum absolute atomic E-state index is 0.140. The maximum Gasteiger partial charge on any atom is 0.251 e. The SMILES string of the molecule is CC(C)N(Cc1ccccc1)c1cc(C(=O)NCc2ccccc2F)ccn1. The molecule has 28 heavy (non-hydrogen) atoms. The van der Waals surface area contributed by atoms with Crippen LogP contribution in [0.25, 0.3) is 0 Å². The molecule has 1 heterocycles. The number of hydrogen-bond acceptors (Lipinski definition) is 3. The molecule has 0 aliphatic carbocycles. The zero-order valence-corrected chi connectivity index (χ0v) is 16.1. The van der Waals surface area contributed by atoms with E-state index in [1.165, 1.54) is 11.6 Å². The number of nitrogens with zero attached hydrogens (tertiary/aromatic N) is 2. The van der Waals surface area contributed by atoms with Gasteiger partial charge in [-0.3, -0.25) is 4.79 Å². The number of nitrogens with one attached hydrogen (secondary N) is 1. The molecular formula is C23H24FN3O. The molecule has 0 aliphatic rings. The summed E-state index contributed by atoms with van der Waals surface area (Å²) in [5.74, 6) is 0.153. The molecule has 0 spiro atoms. The summed E-state index contributed by atoms with van der Waals surface area (Å²) in [4.78, 5) is 19.2. The van der Waals surface area contributed by atoms with Crippen molar-refractivity contribution in [2.45, 2.75) is 33.0 Å². The van der Waals surface area contributed by atoms with Crippen LogP contribution in [0.4, 0.5) is 10.2 Å². The van der Waals surface area contributed by atoms with Gasteiger partial charge in [0.1, 0.15) is 11.6 Å². The molecule has 0 saturated carbocycles. The molecule has 0 aliphatic heterocycles. The first-order valence-corrected chi connectivity index (χ1v) is 9.33. The molecule has 5 heteroatoms. The molecule has 0 radical (unpaired) electrons. The van der Waals surface area contributed by atoms with Gasteiger partial charge in [0.25, 0.3) is 5.91 Å². The predicted molar refractivity (Wildman–Crippen MR) is 110 cm³/mol. The molecule has 0 unspecified atom stereocenters. The van der Waals surface area contributed by atoms with E-state index < -0.39 is 0 Å². The number of halogens is 1. The number of carbonyl (C=O) groups excluding carboxylic acids is 1. The minimum atomic E-state index is -0.327. The Hall–Kier alpha value is -3.21. The standard InChI is InChI=1S/C23H24FN3O/c1-17(2)27(16-18-8-4-3-5-9-18)22-14-19(12-13-25-22)23(28)26-15-20-10-6-7-11-21(20)24/h3-14,17H,15-16H2,1-2H3,(H,26,28). The lowest BCUT2D eigenvalue weighted by Gasteiger charge is -2.28. The van der Waals surface area contributed by atoms with E-state index in [0.717, 1.165) is 5.82 Å². The van der Waals surface area contributed by atoms with Gasteiger partial charge in [-0.25, -0.2) is 9.37 Å². The molecule has 144 valence electrons. The van der Waals surface area contributed by atoms with Gasteiger partial charge in [0.05, 0.1) is 0 Å². The van der Waals surface area contributed by atoms with Crippen molar-refractivity contribution in [3.05, 3.63) is 95.4 Å². The summed E-state index contributed by atoms with van der Waals surface area (Å²) in [6.07, 6.45) is 1.63. The Labute approximate surface area is 165 Å². The van der Waals surface area contributed by atoms with E-state index in [1.807, 2.05) is 18.2 Å². The summed E-state index contributed by atoms with van der Waals surface area (Å²) in [7, 11) is 0. The summed E-state index contributed by atoms with van der Waals surface area (Å²) >= 11 is 0. The first-order chi connectivity index (χ1) is 13.5. The fourth-order valence-corrected chi connectivity index (χ4v) is 2.94. The number of hydrogen-bond donors (Lipinski definition) is 1. The lowest BCUT2D eigenvalue weighted by molar-refractivity contribution is 0.0950. The van der Waals surface area contributed by atoms with Gasteiger partial charge in [-0.1, -0.05) is 48.5 Å². The smallest absolute Gasteiger partial charge is 0.251 e. The minimum Gasteiger partial charge on any atom is -0.350 e. The number of carbonyl (C=O) groups is 1. The first-order valence-electron chi connectivity index (χ1n) is 9.33. The van der Waals surface area contributed by atoms with E-state index in [9.17, 15) is 9.18 Å². The molecule has 1 aromatic heterocycles. The molecule has 0 bridgehead atoms. The second-order valence-electron chi connectivity index (χ2n) is 6.88. The van der Waals surface area contributed by atoms with Crippen molar-refractivity contribution < 1.29 is 9.18 Å². The third-order valence-electron chi connectivity index (χ3n) is 4.52. The summed E-state index contributed by atoms with van der Waals surface area (Å²) < 4.78 is 13.7. The van der Waals surface area contributed by atoms with E-state index in [-0.39, 0.29) is 24.3 Å². The number of aromatic nitrogens is 1. The monoisotopic (exact) mass is 377 g/mol. The van der Waals surface area contributed by atoms with Gasteiger partial charge in [-0.05, 0) is 37.6 Å². The Morgan fingerprint density at radius 3 is 2.50 bits per heavy atom. The first kappa shape index (κ1) is 19.5. The highest BCUT2D eigenvalue weighted by atomic mass is 19.1. The highest BCUT2D eigenvalue weighted by Gasteiger charge is 2.15. The van der Waals surface area contributed by atoms with E-state index in [0.29, 0.717) is 17.7 Å². The Bertz CT molecular complexity index is 928. The molecule has 1 amide bonds. The van der Waals surface area contributed by atoms with Crippen molar-refractivity contribution in [1.82, 2.24) is 10.3 Å². The lowest BCUT2D eigenvalue weighted by Crippen LogP contribution is -2.31. The van der Waals surface area contributed by atoms with Crippen LogP contribution in [0.5, 0.6) is 0 Å². The molecule has 4 nitrogen and oxygen atoms in total. The topological polar surface area (TPSA) is 45.2 Å². The predicted octanol–water partition coefficient (Wildman–Crippen LogP) is 4.57. The fraction of sp³-hybridized carbons (Fsp3) is 0.217.